The molecule has 16 heavy (non-hydrogen) atoms. The molecule has 0 aliphatic rings. The summed E-state index contributed by atoms with van der Waals surface area (Å²) in [6.45, 7) is 1.86. The summed E-state index contributed by atoms with van der Waals surface area (Å²) in [6.07, 6.45) is 0.567. The van der Waals surface area contributed by atoms with Crippen LogP contribution in [0.3, 0.4) is 0 Å². The molecule has 0 aromatic heterocycles. The van der Waals surface area contributed by atoms with Gasteiger partial charge in [-0.2, -0.15) is 0 Å². The molecule has 1 rings (SSSR count). The molecule has 0 heterocycles. The summed E-state index contributed by atoms with van der Waals surface area (Å²) in [4.78, 5) is 12.8. The third-order valence-electron chi connectivity index (χ3n) is 2.62. The monoisotopic (exact) mass is 223 g/mol. The molecule has 0 fully saturated rings. The van der Waals surface area contributed by atoms with E-state index in [-0.39, 0.29) is 0 Å². The Hall–Kier alpha value is -1.71. The van der Waals surface area contributed by atoms with Crippen molar-refractivity contribution in [2.45, 2.75) is 19.4 Å². The molecule has 1 unspecified atom stereocenters. The minimum absolute atomic E-state index is 0.492. The predicted octanol–water partition coefficient (Wildman–Crippen LogP) is 1.99. The Balaban J connectivity index is 2.86. The van der Waals surface area contributed by atoms with Gasteiger partial charge in [-0.1, -0.05) is 6.92 Å². The van der Waals surface area contributed by atoms with E-state index in [9.17, 15) is 4.79 Å². The predicted molar refractivity (Wildman–Crippen MR) is 63.1 cm³/mol. The molecule has 88 valence electrons. The lowest BCUT2D eigenvalue weighted by atomic mass is 10.1. The molecule has 0 aliphatic heterocycles. The van der Waals surface area contributed by atoms with Gasteiger partial charge in [-0.25, -0.2) is 4.79 Å². The molecule has 4 heteroatoms. The molecule has 1 atom stereocenters. The fraction of sp³-hybridized carbons (Fsp3) is 0.417. The van der Waals surface area contributed by atoms with Gasteiger partial charge in [0.05, 0.1) is 7.11 Å². The van der Waals surface area contributed by atoms with Crippen molar-refractivity contribution in [1.82, 2.24) is 0 Å². The fourth-order valence-electron chi connectivity index (χ4n) is 1.61. The Morgan fingerprint density at radius 1 is 1.44 bits per heavy atom. The first-order valence-electron chi connectivity index (χ1n) is 5.19. The van der Waals surface area contributed by atoms with Gasteiger partial charge >= 0.3 is 5.97 Å². The van der Waals surface area contributed by atoms with Crippen LogP contribution < -0.4 is 9.64 Å². The molecule has 0 bridgehead atoms. The van der Waals surface area contributed by atoms with E-state index in [1.165, 1.54) is 0 Å². The number of ether oxygens (including phenoxy) is 1. The van der Waals surface area contributed by atoms with Crippen molar-refractivity contribution in [3.8, 4) is 5.75 Å². The van der Waals surface area contributed by atoms with Crippen LogP contribution in [0.25, 0.3) is 0 Å². The van der Waals surface area contributed by atoms with Crippen LogP contribution in [0.5, 0.6) is 5.75 Å². The fourth-order valence-corrected chi connectivity index (χ4v) is 1.61. The number of anilines is 1. The Kier molecular flexibility index (Phi) is 4.17. The molecule has 1 aromatic carbocycles. The molecule has 0 amide bonds. The summed E-state index contributed by atoms with van der Waals surface area (Å²) in [6, 6.07) is 6.85. The second-order valence-electron chi connectivity index (χ2n) is 3.57. The van der Waals surface area contributed by atoms with Crippen molar-refractivity contribution in [3.05, 3.63) is 24.3 Å². The zero-order valence-corrected chi connectivity index (χ0v) is 9.80. The highest BCUT2D eigenvalue weighted by Crippen LogP contribution is 2.20. The Bertz CT molecular complexity index is 348. The van der Waals surface area contributed by atoms with Crippen LogP contribution in [0.1, 0.15) is 13.3 Å². The number of carboxylic acid groups (broad SMARTS) is 1. The number of hydrogen-bond acceptors (Lipinski definition) is 3. The van der Waals surface area contributed by atoms with Gasteiger partial charge in [0.2, 0.25) is 0 Å². The lowest BCUT2D eigenvalue weighted by molar-refractivity contribution is -0.138. The smallest absolute Gasteiger partial charge is 0.326 e. The van der Waals surface area contributed by atoms with E-state index in [2.05, 4.69) is 0 Å². The quantitative estimate of drug-likeness (QED) is 0.829. The minimum atomic E-state index is -0.805. The molecular formula is C12H17NO3. The van der Waals surface area contributed by atoms with Crippen LogP contribution in [-0.2, 0) is 4.79 Å². The van der Waals surface area contributed by atoms with Gasteiger partial charge in [0.15, 0.2) is 0 Å². The second-order valence-corrected chi connectivity index (χ2v) is 3.57. The van der Waals surface area contributed by atoms with Crippen molar-refractivity contribution < 1.29 is 14.6 Å². The molecule has 4 nitrogen and oxygen atoms in total. The van der Waals surface area contributed by atoms with Gasteiger partial charge in [-0.3, -0.25) is 0 Å². The highest BCUT2D eigenvalue weighted by atomic mass is 16.5. The van der Waals surface area contributed by atoms with Crippen LogP contribution in [0.4, 0.5) is 5.69 Å². The maximum absolute atomic E-state index is 11.0. The van der Waals surface area contributed by atoms with E-state index in [0.29, 0.717) is 6.42 Å². The van der Waals surface area contributed by atoms with Crippen molar-refractivity contribution in [1.29, 1.82) is 0 Å². The molecule has 0 spiro atoms. The van der Waals surface area contributed by atoms with Crippen molar-refractivity contribution in [2.75, 3.05) is 19.1 Å². The number of benzene rings is 1. The SMILES string of the molecule is CCC(C(=O)O)N(C)c1ccc(OC)cc1. The summed E-state index contributed by atoms with van der Waals surface area (Å²) < 4.78 is 5.05. The van der Waals surface area contributed by atoms with Crippen LogP contribution in [0, 0.1) is 0 Å². The van der Waals surface area contributed by atoms with E-state index in [1.807, 2.05) is 31.2 Å². The van der Waals surface area contributed by atoms with E-state index in [0.717, 1.165) is 11.4 Å². The number of methoxy groups -OCH3 is 1. The number of likely N-dealkylation sites (N-methyl/N-ethyl adjacent to an activating group) is 1. The molecule has 0 saturated heterocycles. The van der Waals surface area contributed by atoms with Gasteiger partial charge < -0.3 is 14.7 Å². The first-order chi connectivity index (χ1) is 7.60. The van der Waals surface area contributed by atoms with Crippen molar-refractivity contribution in [2.24, 2.45) is 0 Å². The molecule has 1 N–H and O–H groups in total. The van der Waals surface area contributed by atoms with Crippen LogP contribution in [-0.4, -0.2) is 31.3 Å². The average Bonchev–Trinajstić information content (AvgIpc) is 2.29. The highest BCUT2D eigenvalue weighted by molar-refractivity contribution is 5.78. The maximum Gasteiger partial charge on any atom is 0.326 e. The van der Waals surface area contributed by atoms with Gasteiger partial charge in [0.25, 0.3) is 0 Å². The molecular weight excluding hydrogens is 206 g/mol. The van der Waals surface area contributed by atoms with Crippen molar-refractivity contribution >= 4 is 11.7 Å². The summed E-state index contributed by atoms with van der Waals surface area (Å²) in [7, 11) is 3.38. The largest absolute Gasteiger partial charge is 0.497 e. The summed E-state index contributed by atoms with van der Waals surface area (Å²) in [5.41, 5.74) is 0.870. The number of rotatable bonds is 5. The summed E-state index contributed by atoms with van der Waals surface area (Å²) in [5.74, 6) is -0.0404. The highest BCUT2D eigenvalue weighted by Gasteiger charge is 2.20. The third-order valence-corrected chi connectivity index (χ3v) is 2.62. The lowest BCUT2D eigenvalue weighted by Crippen LogP contribution is -2.37. The first kappa shape index (κ1) is 12.4. The van der Waals surface area contributed by atoms with E-state index >= 15 is 0 Å². The third kappa shape index (κ3) is 2.66. The molecule has 1 aromatic rings. The zero-order chi connectivity index (χ0) is 12.1. The number of carboxylic acids is 1. The first-order valence-corrected chi connectivity index (χ1v) is 5.19. The number of nitrogens with zero attached hydrogens (tertiary/aromatic N) is 1. The van der Waals surface area contributed by atoms with Gasteiger partial charge in [-0.15, -0.1) is 0 Å². The standard InChI is InChI=1S/C12H17NO3/c1-4-11(12(14)15)13(2)9-5-7-10(16-3)8-6-9/h5-8,11H,4H2,1-3H3,(H,14,15). The Morgan fingerprint density at radius 2 is 2.00 bits per heavy atom. The lowest BCUT2D eigenvalue weighted by Gasteiger charge is -2.25. The van der Waals surface area contributed by atoms with E-state index < -0.39 is 12.0 Å². The minimum Gasteiger partial charge on any atom is -0.497 e. The van der Waals surface area contributed by atoms with Gasteiger partial charge in [0, 0.05) is 12.7 Å². The Morgan fingerprint density at radius 3 is 2.38 bits per heavy atom. The van der Waals surface area contributed by atoms with E-state index in [4.69, 9.17) is 9.84 Å². The van der Waals surface area contributed by atoms with Crippen LogP contribution in [0.2, 0.25) is 0 Å². The van der Waals surface area contributed by atoms with Gasteiger partial charge in [-0.05, 0) is 30.7 Å². The van der Waals surface area contributed by atoms with Crippen molar-refractivity contribution in [3.63, 3.8) is 0 Å². The number of hydrogen-bond donors (Lipinski definition) is 1. The average molecular weight is 223 g/mol. The van der Waals surface area contributed by atoms with Gasteiger partial charge in [0.1, 0.15) is 11.8 Å². The normalized spacial score (nSPS) is 11.9. The Labute approximate surface area is 95.5 Å². The van der Waals surface area contributed by atoms with Crippen LogP contribution >= 0.6 is 0 Å². The molecule has 0 radical (unpaired) electrons. The summed E-state index contributed by atoms with van der Waals surface area (Å²) in [5, 5.41) is 9.04. The maximum atomic E-state index is 11.0. The van der Waals surface area contributed by atoms with Crippen LogP contribution in [0.15, 0.2) is 24.3 Å². The molecule has 0 saturated carbocycles. The van der Waals surface area contributed by atoms with E-state index in [1.54, 1.807) is 19.1 Å². The number of aliphatic carboxylic acids is 1. The number of carbonyl (C=O) groups is 1. The molecule has 0 aliphatic carbocycles. The topological polar surface area (TPSA) is 49.8 Å². The zero-order valence-electron chi connectivity index (χ0n) is 9.80. The summed E-state index contributed by atoms with van der Waals surface area (Å²) >= 11 is 0. The second kappa shape index (κ2) is 5.39.